The fraction of sp³-hybridized carbons (Fsp3) is 0.0952. The Morgan fingerprint density at radius 2 is 2.04 bits per heavy atom. The average molecular weight is 383 g/mol. The van der Waals surface area contributed by atoms with Crippen LogP contribution < -0.4 is 5.32 Å². The van der Waals surface area contributed by atoms with Crippen molar-refractivity contribution in [2.24, 2.45) is 4.99 Å². The van der Waals surface area contributed by atoms with Gasteiger partial charge in [0.15, 0.2) is 0 Å². The van der Waals surface area contributed by atoms with Gasteiger partial charge in [0.05, 0.1) is 22.7 Å². The molecule has 0 bridgehead atoms. The summed E-state index contributed by atoms with van der Waals surface area (Å²) in [7, 11) is 0. The van der Waals surface area contributed by atoms with E-state index in [1.807, 2.05) is 30.3 Å². The predicted octanol–water partition coefficient (Wildman–Crippen LogP) is 3.80. The van der Waals surface area contributed by atoms with Crippen LogP contribution in [0, 0.1) is 29.6 Å². The van der Waals surface area contributed by atoms with Crippen LogP contribution in [-0.4, -0.2) is 16.6 Å². The van der Waals surface area contributed by atoms with E-state index in [9.17, 15) is 4.79 Å². The molecule has 7 heteroatoms. The first-order valence-corrected chi connectivity index (χ1v) is 9.27. The molecule has 0 spiro atoms. The molecule has 0 atom stereocenters. The predicted molar refractivity (Wildman–Crippen MR) is 106 cm³/mol. The van der Waals surface area contributed by atoms with Gasteiger partial charge in [0.25, 0.3) is 5.91 Å². The number of nitrogens with zero attached hydrogens (tertiary/aromatic N) is 4. The zero-order chi connectivity index (χ0) is 19.7. The Morgan fingerprint density at radius 3 is 2.75 bits per heavy atom. The van der Waals surface area contributed by atoms with Crippen molar-refractivity contribution in [2.45, 2.75) is 13.5 Å². The highest BCUT2D eigenvalue weighted by Crippen LogP contribution is 2.29. The van der Waals surface area contributed by atoms with E-state index in [1.165, 1.54) is 17.5 Å². The number of thiophene rings is 1. The Morgan fingerprint density at radius 1 is 1.18 bits per heavy atom. The van der Waals surface area contributed by atoms with Crippen LogP contribution in [0.5, 0.6) is 0 Å². The van der Waals surface area contributed by atoms with E-state index >= 15 is 0 Å². The third kappa shape index (κ3) is 3.16. The van der Waals surface area contributed by atoms with Crippen molar-refractivity contribution in [3.8, 4) is 12.1 Å². The Hall–Kier alpha value is -3.81. The first kappa shape index (κ1) is 17.6. The molecule has 0 saturated heterocycles. The number of aromatic nitrogens is 1. The summed E-state index contributed by atoms with van der Waals surface area (Å²) in [5, 5.41) is 20.8. The van der Waals surface area contributed by atoms with E-state index < -0.39 is 0 Å². The topological polar surface area (TPSA) is 102 Å². The number of carbonyl (C=O) groups excluding carboxylic acids is 1. The zero-order valence-corrected chi connectivity index (χ0v) is 15.7. The van der Waals surface area contributed by atoms with Crippen molar-refractivity contribution in [1.29, 1.82) is 10.5 Å². The maximum absolute atomic E-state index is 12.6. The van der Waals surface area contributed by atoms with Gasteiger partial charge in [0.1, 0.15) is 22.7 Å². The SMILES string of the molecule is Cc1cc(C#N)cnc1C(=O)Nc1ccc2c(c1)C(c1ccc(C#N)s1)=NC2. The first-order valence-electron chi connectivity index (χ1n) is 8.45. The van der Waals surface area contributed by atoms with Crippen molar-refractivity contribution in [3.63, 3.8) is 0 Å². The molecule has 2 aromatic heterocycles. The molecule has 3 aromatic rings. The molecule has 4 rings (SSSR count). The number of aliphatic imine (C=N–C) groups is 1. The summed E-state index contributed by atoms with van der Waals surface area (Å²) in [6.45, 7) is 2.33. The highest BCUT2D eigenvalue weighted by Gasteiger charge is 2.20. The fourth-order valence-corrected chi connectivity index (χ4v) is 3.89. The van der Waals surface area contributed by atoms with Gasteiger partial charge in [0, 0.05) is 17.4 Å². The summed E-state index contributed by atoms with van der Waals surface area (Å²) in [4.78, 5) is 22.9. The lowest BCUT2D eigenvalue weighted by molar-refractivity contribution is 0.102. The van der Waals surface area contributed by atoms with E-state index in [4.69, 9.17) is 10.5 Å². The number of nitrogens with one attached hydrogen (secondary N) is 1. The Kier molecular flexibility index (Phi) is 4.44. The van der Waals surface area contributed by atoms with Gasteiger partial charge in [-0.25, -0.2) is 4.98 Å². The van der Waals surface area contributed by atoms with Gasteiger partial charge in [0.2, 0.25) is 0 Å². The molecular weight excluding hydrogens is 370 g/mol. The minimum atomic E-state index is -0.332. The smallest absolute Gasteiger partial charge is 0.274 e. The maximum Gasteiger partial charge on any atom is 0.274 e. The molecule has 1 aromatic carbocycles. The van der Waals surface area contributed by atoms with Gasteiger partial charge < -0.3 is 5.32 Å². The zero-order valence-electron chi connectivity index (χ0n) is 14.9. The molecule has 28 heavy (non-hydrogen) atoms. The highest BCUT2D eigenvalue weighted by atomic mass is 32.1. The average Bonchev–Trinajstić information content (AvgIpc) is 3.33. The van der Waals surface area contributed by atoms with Crippen molar-refractivity contribution >= 4 is 28.6 Å². The highest BCUT2D eigenvalue weighted by molar-refractivity contribution is 7.14. The number of nitriles is 2. The number of anilines is 1. The number of amides is 1. The van der Waals surface area contributed by atoms with E-state index in [0.29, 0.717) is 28.2 Å². The molecule has 0 saturated carbocycles. The normalized spacial score (nSPS) is 11.9. The number of pyridine rings is 1. The number of hydrogen-bond donors (Lipinski definition) is 1. The minimum Gasteiger partial charge on any atom is -0.321 e. The maximum atomic E-state index is 12.6. The quantitative estimate of drug-likeness (QED) is 0.743. The minimum absolute atomic E-state index is 0.283. The molecule has 6 nitrogen and oxygen atoms in total. The molecule has 0 fully saturated rings. The standard InChI is InChI=1S/C21H13N5OS/c1-12-6-13(8-22)10-24-19(12)21(27)26-15-3-2-14-11-25-20(17(14)7-15)18-5-4-16(9-23)28-18/h2-7,10H,11H2,1H3,(H,26,27). The van der Waals surface area contributed by atoms with Gasteiger partial charge in [-0.3, -0.25) is 9.79 Å². The van der Waals surface area contributed by atoms with Gasteiger partial charge >= 0.3 is 0 Å². The van der Waals surface area contributed by atoms with Crippen LogP contribution in [0.1, 0.15) is 42.5 Å². The molecule has 1 amide bonds. The Bertz CT molecular complexity index is 1230. The second-order valence-corrected chi connectivity index (χ2v) is 7.35. The fourth-order valence-electron chi connectivity index (χ4n) is 3.06. The van der Waals surface area contributed by atoms with Crippen LogP contribution in [0.3, 0.4) is 0 Å². The van der Waals surface area contributed by atoms with Gasteiger partial charge in [-0.2, -0.15) is 10.5 Å². The number of fused-ring (bicyclic) bond motifs is 1. The molecule has 1 N–H and O–H groups in total. The van der Waals surface area contributed by atoms with E-state index in [-0.39, 0.29) is 11.6 Å². The monoisotopic (exact) mass is 383 g/mol. The molecule has 1 aliphatic heterocycles. The molecule has 134 valence electrons. The number of aryl methyl sites for hydroxylation is 1. The van der Waals surface area contributed by atoms with Gasteiger partial charge in [-0.15, -0.1) is 11.3 Å². The molecule has 0 aliphatic carbocycles. The van der Waals surface area contributed by atoms with Crippen LogP contribution in [-0.2, 0) is 6.54 Å². The summed E-state index contributed by atoms with van der Waals surface area (Å²) >= 11 is 1.40. The third-order valence-corrected chi connectivity index (χ3v) is 5.40. The lowest BCUT2D eigenvalue weighted by Crippen LogP contribution is -2.16. The largest absolute Gasteiger partial charge is 0.321 e. The van der Waals surface area contributed by atoms with E-state index in [1.54, 1.807) is 19.1 Å². The van der Waals surface area contributed by atoms with Crippen LogP contribution in [0.25, 0.3) is 0 Å². The third-order valence-electron chi connectivity index (χ3n) is 4.40. The van der Waals surface area contributed by atoms with Crippen LogP contribution in [0.4, 0.5) is 5.69 Å². The lowest BCUT2D eigenvalue weighted by Gasteiger charge is -2.09. The molecular formula is C21H13N5OS. The van der Waals surface area contributed by atoms with Crippen LogP contribution in [0.2, 0.25) is 0 Å². The summed E-state index contributed by atoms with van der Waals surface area (Å²) < 4.78 is 0. The van der Waals surface area contributed by atoms with E-state index in [2.05, 4.69) is 21.4 Å². The van der Waals surface area contributed by atoms with Gasteiger partial charge in [-0.05, 0) is 48.4 Å². The van der Waals surface area contributed by atoms with Crippen molar-refractivity contribution in [1.82, 2.24) is 4.98 Å². The summed E-state index contributed by atoms with van der Waals surface area (Å²) in [5.41, 5.74) is 4.85. The number of rotatable bonds is 3. The van der Waals surface area contributed by atoms with Crippen LogP contribution >= 0.6 is 11.3 Å². The molecule has 1 aliphatic rings. The lowest BCUT2D eigenvalue weighted by atomic mass is 10.0. The number of carbonyl (C=O) groups is 1. The summed E-state index contributed by atoms with van der Waals surface area (Å²) in [5.74, 6) is -0.332. The Balaban J connectivity index is 1.61. The number of hydrogen-bond acceptors (Lipinski definition) is 6. The van der Waals surface area contributed by atoms with Crippen molar-refractivity contribution < 1.29 is 4.79 Å². The molecule has 3 heterocycles. The Labute approximate surface area is 165 Å². The van der Waals surface area contributed by atoms with Crippen molar-refractivity contribution in [3.05, 3.63) is 80.3 Å². The van der Waals surface area contributed by atoms with Crippen molar-refractivity contribution in [2.75, 3.05) is 5.32 Å². The molecule has 0 unspecified atom stereocenters. The van der Waals surface area contributed by atoms with Gasteiger partial charge in [-0.1, -0.05) is 6.07 Å². The van der Waals surface area contributed by atoms with E-state index in [0.717, 1.165) is 21.7 Å². The number of benzene rings is 1. The second kappa shape index (κ2) is 7.07. The first-order chi connectivity index (χ1) is 13.6. The molecule has 0 radical (unpaired) electrons. The summed E-state index contributed by atoms with van der Waals surface area (Å²) in [6, 6.07) is 15.1. The second-order valence-electron chi connectivity index (χ2n) is 6.27. The summed E-state index contributed by atoms with van der Waals surface area (Å²) in [6.07, 6.45) is 1.39. The van der Waals surface area contributed by atoms with Crippen LogP contribution in [0.15, 0.2) is 47.6 Å².